The maximum Gasteiger partial charge on any atom is 0.139 e. The number of fused-ring (bicyclic) bond motifs is 1. The van der Waals surface area contributed by atoms with Crippen molar-refractivity contribution >= 4 is 38.6 Å². The Labute approximate surface area is 133 Å². The molecule has 0 saturated heterocycles. The fourth-order valence-electron chi connectivity index (χ4n) is 2.27. The Bertz CT molecular complexity index is 797. The second-order valence-electron chi connectivity index (χ2n) is 4.68. The third kappa shape index (κ3) is 2.67. The van der Waals surface area contributed by atoms with Gasteiger partial charge in [0.05, 0.1) is 21.4 Å². The summed E-state index contributed by atoms with van der Waals surface area (Å²) in [4.78, 5) is 4.38. The van der Waals surface area contributed by atoms with Gasteiger partial charge in [0.25, 0.3) is 0 Å². The van der Waals surface area contributed by atoms with Crippen molar-refractivity contribution in [2.24, 2.45) is 7.05 Å². The van der Waals surface area contributed by atoms with Crippen LogP contribution >= 0.6 is 27.5 Å². The molecule has 0 aliphatic heterocycles. The summed E-state index contributed by atoms with van der Waals surface area (Å²) in [5.74, 6) is 1.53. The van der Waals surface area contributed by atoms with Crippen LogP contribution in [0.15, 0.2) is 22.9 Å². The van der Waals surface area contributed by atoms with Gasteiger partial charge >= 0.3 is 0 Å². The highest BCUT2D eigenvalue weighted by atomic mass is 79.9. The molecule has 3 aromatic rings. The number of hydrogen-bond acceptors (Lipinski definition) is 3. The molecule has 0 amide bonds. The normalized spacial score (nSPS) is 11.4. The average Bonchev–Trinajstić information content (AvgIpc) is 3.01. The van der Waals surface area contributed by atoms with Gasteiger partial charge in [0.1, 0.15) is 23.8 Å². The fraction of sp³-hybridized carbons (Fsp3) is 0.308. The lowest BCUT2D eigenvalue weighted by Crippen LogP contribution is -2.08. The Kier molecular flexibility index (Phi) is 3.95. The van der Waals surface area contributed by atoms with Crippen molar-refractivity contribution in [1.29, 1.82) is 0 Å². The minimum absolute atomic E-state index is 0.271. The molecule has 21 heavy (non-hydrogen) atoms. The summed E-state index contributed by atoms with van der Waals surface area (Å²) in [6.45, 7) is 0.656. The number of hydrogen-bond donors (Lipinski definition) is 0. The highest BCUT2D eigenvalue weighted by Crippen LogP contribution is 2.25. The SMILES string of the molecule is Cn1cnnc1CCn1c(CCl)nc2cc(F)c(Br)cc21. The lowest BCUT2D eigenvalue weighted by atomic mass is 10.3. The zero-order chi connectivity index (χ0) is 15.0. The van der Waals surface area contributed by atoms with Gasteiger partial charge in [0.2, 0.25) is 0 Å². The van der Waals surface area contributed by atoms with E-state index in [2.05, 4.69) is 31.1 Å². The van der Waals surface area contributed by atoms with E-state index in [-0.39, 0.29) is 11.7 Å². The zero-order valence-corrected chi connectivity index (χ0v) is 13.6. The van der Waals surface area contributed by atoms with Gasteiger partial charge < -0.3 is 9.13 Å². The number of nitrogens with zero attached hydrogens (tertiary/aromatic N) is 5. The first-order chi connectivity index (χ1) is 10.1. The third-order valence-electron chi connectivity index (χ3n) is 3.35. The Morgan fingerprint density at radius 3 is 2.81 bits per heavy atom. The largest absolute Gasteiger partial charge is 0.326 e. The van der Waals surface area contributed by atoms with Crippen LogP contribution in [-0.2, 0) is 25.9 Å². The average molecular weight is 373 g/mol. The highest BCUT2D eigenvalue weighted by Gasteiger charge is 2.13. The predicted octanol–water partition coefficient (Wildman–Crippen LogP) is 3.05. The van der Waals surface area contributed by atoms with E-state index in [1.807, 2.05) is 16.2 Å². The van der Waals surface area contributed by atoms with Crippen LogP contribution in [0, 0.1) is 5.82 Å². The van der Waals surface area contributed by atoms with E-state index in [0.717, 1.165) is 11.3 Å². The molecule has 2 aromatic heterocycles. The quantitative estimate of drug-likeness (QED) is 0.661. The minimum atomic E-state index is -0.332. The molecule has 110 valence electrons. The van der Waals surface area contributed by atoms with E-state index in [1.165, 1.54) is 6.07 Å². The molecule has 2 heterocycles. The number of rotatable bonds is 4. The summed E-state index contributed by atoms with van der Waals surface area (Å²) < 4.78 is 17.9. The second kappa shape index (κ2) is 5.73. The molecular weight excluding hydrogens is 361 g/mol. The van der Waals surface area contributed by atoms with Crippen molar-refractivity contribution in [1.82, 2.24) is 24.3 Å². The van der Waals surface area contributed by atoms with Crippen molar-refractivity contribution < 1.29 is 4.39 Å². The first-order valence-corrected chi connectivity index (χ1v) is 7.66. The summed E-state index contributed by atoms with van der Waals surface area (Å²) >= 11 is 9.16. The summed E-state index contributed by atoms with van der Waals surface area (Å²) in [5, 5.41) is 7.92. The van der Waals surface area contributed by atoms with Crippen molar-refractivity contribution in [3.8, 4) is 0 Å². The maximum atomic E-state index is 13.6. The standard InChI is InChI=1S/C13H12BrClFN5/c1-20-7-17-19-12(20)2-3-21-11-4-8(14)9(16)5-10(11)18-13(21)6-15/h4-5,7H,2-3,6H2,1H3. The number of alkyl halides is 1. The third-order valence-corrected chi connectivity index (χ3v) is 4.20. The lowest BCUT2D eigenvalue weighted by Gasteiger charge is -2.07. The second-order valence-corrected chi connectivity index (χ2v) is 5.80. The summed E-state index contributed by atoms with van der Waals surface area (Å²) in [7, 11) is 1.90. The van der Waals surface area contributed by atoms with Gasteiger partial charge in [0.15, 0.2) is 0 Å². The van der Waals surface area contributed by atoms with E-state index in [1.54, 1.807) is 12.4 Å². The molecule has 0 radical (unpaired) electrons. The minimum Gasteiger partial charge on any atom is -0.326 e. The van der Waals surface area contributed by atoms with E-state index in [0.29, 0.717) is 28.8 Å². The molecule has 5 nitrogen and oxygen atoms in total. The van der Waals surface area contributed by atoms with Crippen LogP contribution in [-0.4, -0.2) is 24.3 Å². The van der Waals surface area contributed by atoms with Gasteiger partial charge in [-0.05, 0) is 22.0 Å². The van der Waals surface area contributed by atoms with Gasteiger partial charge in [-0.2, -0.15) is 0 Å². The summed E-state index contributed by atoms with van der Waals surface area (Å²) in [6.07, 6.45) is 2.36. The van der Waals surface area contributed by atoms with Crippen molar-refractivity contribution in [3.63, 3.8) is 0 Å². The van der Waals surface area contributed by atoms with Crippen LogP contribution in [0.3, 0.4) is 0 Å². The number of aryl methyl sites for hydroxylation is 3. The van der Waals surface area contributed by atoms with E-state index in [4.69, 9.17) is 11.6 Å². The van der Waals surface area contributed by atoms with Crippen LogP contribution in [0.2, 0.25) is 0 Å². The van der Waals surface area contributed by atoms with Crippen LogP contribution in [0.1, 0.15) is 11.6 Å². The zero-order valence-electron chi connectivity index (χ0n) is 11.2. The van der Waals surface area contributed by atoms with Crippen LogP contribution in [0.5, 0.6) is 0 Å². The van der Waals surface area contributed by atoms with Gasteiger partial charge in [-0.15, -0.1) is 21.8 Å². The molecule has 0 saturated carbocycles. The molecule has 3 rings (SSSR count). The topological polar surface area (TPSA) is 48.5 Å². The highest BCUT2D eigenvalue weighted by molar-refractivity contribution is 9.10. The first kappa shape index (κ1) is 14.5. The molecule has 0 fully saturated rings. The molecule has 0 unspecified atom stereocenters. The molecule has 0 bridgehead atoms. The first-order valence-electron chi connectivity index (χ1n) is 6.33. The van der Waals surface area contributed by atoms with Gasteiger partial charge in [-0.3, -0.25) is 0 Å². The fourth-order valence-corrected chi connectivity index (χ4v) is 2.80. The Morgan fingerprint density at radius 1 is 1.33 bits per heavy atom. The molecule has 0 N–H and O–H groups in total. The molecule has 0 aliphatic carbocycles. The number of aromatic nitrogens is 5. The van der Waals surface area contributed by atoms with Gasteiger partial charge in [0, 0.05) is 26.1 Å². The smallest absolute Gasteiger partial charge is 0.139 e. The molecule has 0 spiro atoms. The Hall–Kier alpha value is -1.47. The molecule has 0 aliphatic rings. The molecule has 1 aromatic carbocycles. The molecule has 8 heteroatoms. The van der Waals surface area contributed by atoms with Crippen molar-refractivity contribution in [3.05, 3.63) is 40.4 Å². The summed E-state index contributed by atoms with van der Waals surface area (Å²) in [5.41, 5.74) is 1.45. The Morgan fingerprint density at radius 2 is 2.14 bits per heavy atom. The van der Waals surface area contributed by atoms with Gasteiger partial charge in [-0.25, -0.2) is 9.37 Å². The van der Waals surface area contributed by atoms with Crippen molar-refractivity contribution in [2.75, 3.05) is 0 Å². The van der Waals surface area contributed by atoms with E-state index in [9.17, 15) is 4.39 Å². The van der Waals surface area contributed by atoms with Crippen LogP contribution < -0.4 is 0 Å². The van der Waals surface area contributed by atoms with Crippen molar-refractivity contribution in [2.45, 2.75) is 18.8 Å². The number of imidazole rings is 1. The Balaban J connectivity index is 2.00. The lowest BCUT2D eigenvalue weighted by molar-refractivity contribution is 0.622. The molecular formula is C13H12BrClFN5. The van der Waals surface area contributed by atoms with Crippen LogP contribution in [0.25, 0.3) is 11.0 Å². The monoisotopic (exact) mass is 371 g/mol. The maximum absolute atomic E-state index is 13.6. The predicted molar refractivity (Wildman–Crippen MR) is 81.7 cm³/mol. The van der Waals surface area contributed by atoms with E-state index < -0.39 is 0 Å². The number of halogens is 3. The van der Waals surface area contributed by atoms with E-state index >= 15 is 0 Å². The molecule has 0 atom stereocenters. The summed E-state index contributed by atoms with van der Waals surface area (Å²) in [6, 6.07) is 3.14. The van der Waals surface area contributed by atoms with Crippen LogP contribution in [0.4, 0.5) is 4.39 Å². The number of benzene rings is 1. The van der Waals surface area contributed by atoms with Gasteiger partial charge in [-0.1, -0.05) is 0 Å².